The lowest BCUT2D eigenvalue weighted by molar-refractivity contribution is 0.435. The average Bonchev–Trinajstić information content (AvgIpc) is 2.00. The molecule has 0 aliphatic rings. The largest absolute Gasteiger partial charge is 0.252 e. The number of hydrogen-bond acceptors (Lipinski definition) is 1. The molecule has 1 nitrogen and oxygen atoms in total. The molecule has 0 aliphatic carbocycles. The summed E-state index contributed by atoms with van der Waals surface area (Å²) in [4.78, 5) is 1.88. The van der Waals surface area contributed by atoms with Gasteiger partial charge in [-0.15, -0.1) is 0 Å². The molecule has 1 aromatic heterocycles. The summed E-state index contributed by atoms with van der Waals surface area (Å²) in [6.07, 6.45) is 0.519. The summed E-state index contributed by atoms with van der Waals surface area (Å²) in [6.45, 7) is 0. The van der Waals surface area contributed by atoms with E-state index in [1.807, 2.05) is 0 Å². The van der Waals surface area contributed by atoms with Gasteiger partial charge in [-0.2, -0.15) is 0 Å². The van der Waals surface area contributed by atoms with Gasteiger partial charge in [0.15, 0.2) is 22.3 Å². The summed E-state index contributed by atoms with van der Waals surface area (Å²) in [6, 6.07) is 0. The lowest BCUT2D eigenvalue weighted by Crippen LogP contribution is -2.00. The second-order valence-electron chi connectivity index (χ2n) is 1.92. The third-order valence-corrected chi connectivity index (χ3v) is 1.56. The Bertz CT molecular complexity index is 303. The number of halogens is 5. The Morgan fingerprint density at radius 2 is 1.75 bits per heavy atom. The molecule has 0 spiro atoms. The van der Waals surface area contributed by atoms with Crippen molar-refractivity contribution in [3.05, 3.63) is 29.3 Å². The summed E-state index contributed by atoms with van der Waals surface area (Å²) < 4.78 is 37.4. The molecule has 0 bridgehead atoms. The molecule has 6 heteroatoms. The predicted octanol–water partition coefficient (Wildman–Crippen LogP) is 2.98. The topological polar surface area (TPSA) is 12.9 Å². The van der Waals surface area contributed by atoms with Crippen LogP contribution in [0.15, 0.2) is 6.20 Å². The van der Waals surface area contributed by atoms with Crippen LogP contribution in [0.4, 0.5) is 13.2 Å². The fourth-order valence-electron chi connectivity index (χ4n) is 0.609. The molecule has 0 saturated carbocycles. The first-order valence-corrected chi connectivity index (χ1v) is 3.69. The minimum absolute atomic E-state index is 0.516. The van der Waals surface area contributed by atoms with Crippen LogP contribution >= 0.6 is 23.2 Å². The van der Waals surface area contributed by atoms with Crippen molar-refractivity contribution < 1.29 is 13.2 Å². The van der Waals surface area contributed by atoms with Gasteiger partial charge >= 0.3 is 0 Å². The summed E-state index contributed by atoms with van der Waals surface area (Å²) in [7, 11) is 0. The molecule has 1 heterocycles. The second-order valence-corrected chi connectivity index (χ2v) is 3.02. The molecule has 66 valence electrons. The van der Waals surface area contributed by atoms with E-state index in [-0.39, 0.29) is 0 Å². The predicted molar refractivity (Wildman–Crippen MR) is 38.6 cm³/mol. The standard InChI is InChI=1S/C6H2Cl2F3N/c7-6(8)5-4(11)3(10)2(9)1-12-5/h1,6H. The van der Waals surface area contributed by atoms with E-state index < -0.39 is 28.0 Å². The Balaban J connectivity index is 3.27. The lowest BCUT2D eigenvalue weighted by atomic mass is 10.3. The third-order valence-electron chi connectivity index (χ3n) is 1.15. The van der Waals surface area contributed by atoms with Crippen molar-refractivity contribution >= 4 is 23.2 Å². The van der Waals surface area contributed by atoms with E-state index in [2.05, 4.69) is 4.98 Å². The first kappa shape index (κ1) is 9.61. The van der Waals surface area contributed by atoms with Gasteiger partial charge in [0.1, 0.15) is 5.69 Å². The molecule has 0 fully saturated rings. The zero-order valence-corrected chi connectivity index (χ0v) is 7.00. The molecule has 0 radical (unpaired) electrons. The summed E-state index contributed by atoms with van der Waals surface area (Å²) in [5.41, 5.74) is -0.516. The number of aromatic nitrogens is 1. The number of rotatable bonds is 1. The number of hydrogen-bond donors (Lipinski definition) is 0. The molecule has 0 amide bonds. The fourth-order valence-corrected chi connectivity index (χ4v) is 0.913. The Morgan fingerprint density at radius 3 is 2.25 bits per heavy atom. The summed E-state index contributed by atoms with van der Waals surface area (Å²) in [5.74, 6) is -4.44. The van der Waals surface area contributed by atoms with Crippen LogP contribution in [-0.2, 0) is 0 Å². The monoisotopic (exact) mass is 215 g/mol. The third kappa shape index (κ3) is 1.64. The van der Waals surface area contributed by atoms with E-state index in [0.29, 0.717) is 6.20 Å². The molecular formula is C6H2Cl2F3N. The van der Waals surface area contributed by atoms with E-state index in [0.717, 1.165) is 0 Å². The number of pyridine rings is 1. The quantitative estimate of drug-likeness (QED) is 0.657. The van der Waals surface area contributed by atoms with Crippen molar-refractivity contribution in [1.29, 1.82) is 0 Å². The molecule has 1 rings (SSSR count). The highest BCUT2D eigenvalue weighted by atomic mass is 35.5. The molecule has 0 aliphatic heterocycles. The molecule has 1 aromatic rings. The Kier molecular flexibility index (Phi) is 2.80. The van der Waals surface area contributed by atoms with Gasteiger partial charge in [-0.05, 0) is 0 Å². The maximum Gasteiger partial charge on any atom is 0.198 e. The van der Waals surface area contributed by atoms with Crippen LogP contribution in [-0.4, -0.2) is 4.98 Å². The van der Waals surface area contributed by atoms with Crippen molar-refractivity contribution in [3.8, 4) is 0 Å². The molecule has 12 heavy (non-hydrogen) atoms. The van der Waals surface area contributed by atoms with Gasteiger partial charge < -0.3 is 0 Å². The van der Waals surface area contributed by atoms with Crippen LogP contribution in [0.5, 0.6) is 0 Å². The van der Waals surface area contributed by atoms with Crippen LogP contribution in [0.2, 0.25) is 0 Å². The van der Waals surface area contributed by atoms with E-state index in [1.165, 1.54) is 0 Å². The average molecular weight is 216 g/mol. The van der Waals surface area contributed by atoms with E-state index in [9.17, 15) is 13.2 Å². The van der Waals surface area contributed by atoms with E-state index in [4.69, 9.17) is 23.2 Å². The van der Waals surface area contributed by atoms with E-state index in [1.54, 1.807) is 0 Å². The Hall–Kier alpha value is -0.480. The van der Waals surface area contributed by atoms with Crippen molar-refractivity contribution in [2.75, 3.05) is 0 Å². The molecule has 0 aromatic carbocycles. The Morgan fingerprint density at radius 1 is 1.17 bits per heavy atom. The lowest BCUT2D eigenvalue weighted by Gasteiger charge is -2.02. The molecule has 0 unspecified atom stereocenters. The summed E-state index contributed by atoms with van der Waals surface area (Å²) >= 11 is 10.4. The van der Waals surface area contributed by atoms with Crippen molar-refractivity contribution in [1.82, 2.24) is 4.98 Å². The van der Waals surface area contributed by atoms with Crippen molar-refractivity contribution in [2.45, 2.75) is 4.84 Å². The van der Waals surface area contributed by atoms with Crippen LogP contribution < -0.4 is 0 Å². The molecule has 0 atom stereocenters. The normalized spacial score (nSPS) is 10.8. The van der Waals surface area contributed by atoms with Crippen molar-refractivity contribution in [2.24, 2.45) is 0 Å². The minimum atomic E-state index is -1.62. The molecular weight excluding hydrogens is 214 g/mol. The minimum Gasteiger partial charge on any atom is -0.252 e. The second kappa shape index (κ2) is 3.49. The molecule has 0 N–H and O–H groups in total. The van der Waals surface area contributed by atoms with Gasteiger partial charge in [-0.3, -0.25) is 4.98 Å². The Labute approximate surface area is 76.1 Å². The fraction of sp³-hybridized carbons (Fsp3) is 0.167. The molecule has 0 saturated heterocycles. The zero-order chi connectivity index (χ0) is 9.30. The van der Waals surface area contributed by atoms with Gasteiger partial charge in [-0.25, -0.2) is 13.2 Å². The SMILES string of the molecule is Fc1cnc(C(Cl)Cl)c(F)c1F. The van der Waals surface area contributed by atoms with Gasteiger partial charge in [0.2, 0.25) is 0 Å². The van der Waals surface area contributed by atoms with Gasteiger partial charge in [0.25, 0.3) is 0 Å². The van der Waals surface area contributed by atoms with Crippen LogP contribution in [0.1, 0.15) is 10.5 Å². The van der Waals surface area contributed by atoms with Crippen LogP contribution in [0.25, 0.3) is 0 Å². The maximum absolute atomic E-state index is 12.7. The smallest absolute Gasteiger partial charge is 0.198 e. The summed E-state index contributed by atoms with van der Waals surface area (Å²) in [5, 5.41) is 0. The highest BCUT2D eigenvalue weighted by molar-refractivity contribution is 6.43. The first-order valence-electron chi connectivity index (χ1n) is 2.81. The number of alkyl halides is 2. The van der Waals surface area contributed by atoms with Crippen LogP contribution in [0, 0.1) is 17.5 Å². The van der Waals surface area contributed by atoms with Gasteiger partial charge in [-0.1, -0.05) is 23.2 Å². The maximum atomic E-state index is 12.7. The highest BCUT2D eigenvalue weighted by Crippen LogP contribution is 2.26. The first-order chi connectivity index (χ1) is 5.54. The zero-order valence-electron chi connectivity index (χ0n) is 5.49. The van der Waals surface area contributed by atoms with E-state index >= 15 is 0 Å². The highest BCUT2D eigenvalue weighted by Gasteiger charge is 2.18. The van der Waals surface area contributed by atoms with Gasteiger partial charge in [0, 0.05) is 0 Å². The van der Waals surface area contributed by atoms with Gasteiger partial charge in [0.05, 0.1) is 6.20 Å². The number of nitrogens with zero attached hydrogens (tertiary/aromatic N) is 1. The van der Waals surface area contributed by atoms with Crippen molar-refractivity contribution in [3.63, 3.8) is 0 Å². The van der Waals surface area contributed by atoms with Crippen LogP contribution in [0.3, 0.4) is 0 Å².